The Labute approximate surface area is 85.9 Å². The van der Waals surface area contributed by atoms with Gasteiger partial charge in [0.25, 0.3) is 0 Å². The van der Waals surface area contributed by atoms with E-state index in [1.54, 1.807) is 0 Å². The van der Waals surface area contributed by atoms with E-state index in [1.807, 2.05) is 6.92 Å². The van der Waals surface area contributed by atoms with Crippen LogP contribution in [0.1, 0.15) is 19.8 Å². The third-order valence-electron chi connectivity index (χ3n) is 1.49. The van der Waals surface area contributed by atoms with Gasteiger partial charge in [0.1, 0.15) is 0 Å². The molecule has 0 spiro atoms. The standard InChI is InChI=1S/C6H14O2.C2H2F3NO/c1-2-3-6(4-7)5-8;3-2(4,5)1(6)7/h6-8H,2-5H2,1H3;(H2,6,7). The topological polar surface area (TPSA) is 83.6 Å². The van der Waals surface area contributed by atoms with Gasteiger partial charge in [0.05, 0.1) is 0 Å². The van der Waals surface area contributed by atoms with Gasteiger partial charge in [-0.15, -0.1) is 0 Å². The van der Waals surface area contributed by atoms with E-state index in [0.717, 1.165) is 12.8 Å². The minimum absolute atomic E-state index is 0.111. The SMILES string of the molecule is CCCC(CO)CO.NC(=O)C(F)(F)F. The lowest BCUT2D eigenvalue weighted by Crippen LogP contribution is -2.30. The fourth-order valence-electron chi connectivity index (χ4n) is 0.649. The summed E-state index contributed by atoms with van der Waals surface area (Å²) in [4.78, 5) is 9.12. The maximum absolute atomic E-state index is 10.7. The number of carbonyl (C=O) groups excluding carboxylic acids is 1. The van der Waals surface area contributed by atoms with Crippen molar-refractivity contribution in [3.8, 4) is 0 Å². The van der Waals surface area contributed by atoms with Crippen LogP contribution >= 0.6 is 0 Å². The lowest BCUT2D eigenvalue weighted by Gasteiger charge is -2.06. The van der Waals surface area contributed by atoms with Crippen molar-refractivity contribution in [1.82, 2.24) is 0 Å². The van der Waals surface area contributed by atoms with E-state index in [9.17, 15) is 13.2 Å². The van der Waals surface area contributed by atoms with Crippen molar-refractivity contribution in [1.29, 1.82) is 0 Å². The molecule has 4 N–H and O–H groups in total. The Bertz CT molecular complexity index is 169. The molecule has 0 aliphatic carbocycles. The summed E-state index contributed by atoms with van der Waals surface area (Å²) in [7, 11) is 0. The summed E-state index contributed by atoms with van der Waals surface area (Å²) in [6.45, 7) is 2.27. The first-order valence-corrected chi connectivity index (χ1v) is 4.37. The smallest absolute Gasteiger partial charge is 0.396 e. The zero-order valence-electron chi connectivity index (χ0n) is 8.42. The van der Waals surface area contributed by atoms with E-state index in [0.29, 0.717) is 0 Å². The number of hydrogen-bond donors (Lipinski definition) is 3. The van der Waals surface area contributed by atoms with Gasteiger partial charge in [-0.1, -0.05) is 13.3 Å². The average molecular weight is 231 g/mol. The van der Waals surface area contributed by atoms with Crippen molar-refractivity contribution >= 4 is 5.91 Å². The maximum Gasteiger partial charge on any atom is 0.470 e. The number of aliphatic hydroxyl groups excluding tert-OH is 2. The number of primary amides is 1. The Hall–Kier alpha value is -0.820. The predicted octanol–water partition coefficient (Wildman–Crippen LogP) is 0.421. The van der Waals surface area contributed by atoms with Crippen molar-refractivity contribution in [2.45, 2.75) is 25.9 Å². The van der Waals surface area contributed by atoms with Gasteiger partial charge in [0.15, 0.2) is 0 Å². The highest BCUT2D eigenvalue weighted by atomic mass is 19.4. The Morgan fingerprint density at radius 3 is 1.73 bits per heavy atom. The largest absolute Gasteiger partial charge is 0.470 e. The number of halogens is 3. The quantitative estimate of drug-likeness (QED) is 0.655. The number of nitrogens with two attached hydrogens (primary N) is 1. The first-order chi connectivity index (χ1) is 6.79. The summed E-state index contributed by atoms with van der Waals surface area (Å²) in [6.07, 6.45) is -2.90. The molecule has 0 aliphatic heterocycles. The molecule has 0 fully saturated rings. The van der Waals surface area contributed by atoms with Crippen molar-refractivity contribution in [2.75, 3.05) is 13.2 Å². The molecule has 0 heterocycles. The molecule has 0 unspecified atom stereocenters. The maximum atomic E-state index is 10.7. The van der Waals surface area contributed by atoms with Crippen LogP contribution in [0.25, 0.3) is 0 Å². The molecular formula is C8H16F3NO3. The fourth-order valence-corrected chi connectivity index (χ4v) is 0.649. The molecule has 0 aliphatic rings. The van der Waals surface area contributed by atoms with Gasteiger partial charge in [-0.2, -0.15) is 13.2 Å². The molecule has 15 heavy (non-hydrogen) atoms. The summed E-state index contributed by atoms with van der Waals surface area (Å²) in [6, 6.07) is 0. The highest BCUT2D eigenvalue weighted by molar-refractivity contribution is 5.79. The monoisotopic (exact) mass is 231 g/mol. The van der Waals surface area contributed by atoms with Gasteiger partial charge in [-0.25, -0.2) is 0 Å². The summed E-state index contributed by atoms with van der Waals surface area (Å²) < 4.78 is 32.1. The van der Waals surface area contributed by atoms with Gasteiger partial charge >= 0.3 is 12.1 Å². The van der Waals surface area contributed by atoms with E-state index >= 15 is 0 Å². The molecule has 0 rings (SSSR count). The fraction of sp³-hybridized carbons (Fsp3) is 0.875. The van der Waals surface area contributed by atoms with Gasteiger partial charge in [0, 0.05) is 19.1 Å². The Morgan fingerprint density at radius 2 is 1.67 bits per heavy atom. The third-order valence-corrected chi connectivity index (χ3v) is 1.49. The third kappa shape index (κ3) is 11.1. The average Bonchev–Trinajstić information content (AvgIpc) is 2.13. The number of hydrogen-bond acceptors (Lipinski definition) is 3. The highest BCUT2D eigenvalue weighted by Gasteiger charge is 2.35. The van der Waals surface area contributed by atoms with Crippen LogP contribution in [-0.4, -0.2) is 35.5 Å². The van der Waals surface area contributed by atoms with Crippen molar-refractivity contribution in [2.24, 2.45) is 11.7 Å². The molecule has 4 nitrogen and oxygen atoms in total. The van der Waals surface area contributed by atoms with Crippen LogP contribution in [0.4, 0.5) is 13.2 Å². The molecule has 7 heteroatoms. The van der Waals surface area contributed by atoms with Gasteiger partial charge < -0.3 is 15.9 Å². The summed E-state index contributed by atoms with van der Waals surface area (Å²) >= 11 is 0. The lowest BCUT2D eigenvalue weighted by molar-refractivity contribution is -0.169. The second-order valence-corrected chi connectivity index (χ2v) is 2.88. The van der Waals surface area contributed by atoms with Gasteiger partial charge in [-0.3, -0.25) is 4.79 Å². The Morgan fingerprint density at radius 1 is 1.33 bits per heavy atom. The van der Waals surface area contributed by atoms with Crippen LogP contribution in [0.3, 0.4) is 0 Å². The lowest BCUT2D eigenvalue weighted by atomic mass is 10.1. The molecule has 0 aromatic rings. The first-order valence-electron chi connectivity index (χ1n) is 4.37. The summed E-state index contributed by atoms with van der Waals surface area (Å²) in [5.41, 5.74) is 3.81. The van der Waals surface area contributed by atoms with Crippen LogP contribution in [-0.2, 0) is 4.79 Å². The minimum Gasteiger partial charge on any atom is -0.396 e. The van der Waals surface area contributed by atoms with Crippen LogP contribution < -0.4 is 5.73 Å². The molecule has 0 atom stereocenters. The van der Waals surface area contributed by atoms with Crippen molar-refractivity contribution < 1.29 is 28.2 Å². The number of alkyl halides is 3. The van der Waals surface area contributed by atoms with Gasteiger partial charge in [0.2, 0.25) is 0 Å². The molecular weight excluding hydrogens is 215 g/mol. The first kappa shape index (κ1) is 16.6. The number of carbonyl (C=O) groups is 1. The summed E-state index contributed by atoms with van der Waals surface area (Å²) in [5, 5.41) is 17.0. The molecule has 0 aromatic heterocycles. The Kier molecular flexibility index (Phi) is 9.39. The van der Waals surface area contributed by atoms with Crippen molar-refractivity contribution in [3.05, 3.63) is 0 Å². The van der Waals surface area contributed by atoms with Crippen LogP contribution in [0.2, 0.25) is 0 Å². The van der Waals surface area contributed by atoms with Crippen LogP contribution in [0.5, 0.6) is 0 Å². The van der Waals surface area contributed by atoms with E-state index in [-0.39, 0.29) is 19.1 Å². The second-order valence-electron chi connectivity index (χ2n) is 2.88. The molecule has 92 valence electrons. The normalized spacial score (nSPS) is 10.9. The highest BCUT2D eigenvalue weighted by Crippen LogP contribution is 2.11. The zero-order valence-corrected chi connectivity index (χ0v) is 8.42. The second kappa shape index (κ2) is 8.49. The van der Waals surface area contributed by atoms with E-state index in [2.05, 4.69) is 5.73 Å². The predicted molar refractivity (Wildman–Crippen MR) is 47.8 cm³/mol. The van der Waals surface area contributed by atoms with Crippen LogP contribution in [0, 0.1) is 5.92 Å². The molecule has 0 aromatic carbocycles. The van der Waals surface area contributed by atoms with Gasteiger partial charge in [-0.05, 0) is 6.42 Å². The minimum atomic E-state index is -4.86. The number of amides is 1. The zero-order chi connectivity index (χ0) is 12.5. The molecule has 0 saturated heterocycles. The molecule has 1 amide bonds. The number of aliphatic hydroxyl groups is 2. The number of rotatable bonds is 4. The summed E-state index contributed by atoms with van der Waals surface area (Å²) in [5.74, 6) is -2.15. The molecule has 0 saturated carbocycles. The molecule has 0 bridgehead atoms. The molecule has 0 radical (unpaired) electrons. The van der Waals surface area contributed by atoms with E-state index < -0.39 is 12.1 Å². The van der Waals surface area contributed by atoms with Crippen molar-refractivity contribution in [3.63, 3.8) is 0 Å². The van der Waals surface area contributed by atoms with E-state index in [4.69, 9.17) is 15.0 Å². The Balaban J connectivity index is 0. The van der Waals surface area contributed by atoms with Crippen LogP contribution in [0.15, 0.2) is 0 Å². The van der Waals surface area contributed by atoms with E-state index in [1.165, 1.54) is 0 Å².